The highest BCUT2D eigenvalue weighted by Gasteiger charge is 2.21. The Morgan fingerprint density at radius 1 is 0.909 bits per heavy atom. The van der Waals surface area contributed by atoms with Crippen LogP contribution >= 0.6 is 0 Å². The van der Waals surface area contributed by atoms with Crippen LogP contribution in [0.25, 0.3) is 0 Å². The van der Waals surface area contributed by atoms with E-state index in [0.29, 0.717) is 5.92 Å². The third-order valence-electron chi connectivity index (χ3n) is 5.00. The largest absolute Gasteiger partial charge is 0.489 e. The first kappa shape index (κ1) is 23.9. The molecule has 0 saturated heterocycles. The SMILES string of the molecule is CC(C)CC(NC(=O)c1cc(COc2ccccc2)ccc1OCC(=O)O)c1ccccc1. The Hall–Kier alpha value is -3.80. The fourth-order valence-electron chi connectivity index (χ4n) is 3.46. The molecule has 6 heteroatoms. The van der Waals surface area contributed by atoms with Crippen molar-refractivity contribution in [3.63, 3.8) is 0 Å². The summed E-state index contributed by atoms with van der Waals surface area (Å²) in [5.74, 6) is -0.138. The molecule has 0 spiro atoms. The van der Waals surface area contributed by atoms with E-state index >= 15 is 0 Å². The van der Waals surface area contributed by atoms with Crippen LogP contribution in [0.2, 0.25) is 0 Å². The average molecular weight is 448 g/mol. The van der Waals surface area contributed by atoms with E-state index in [4.69, 9.17) is 14.6 Å². The van der Waals surface area contributed by atoms with Crippen molar-refractivity contribution >= 4 is 11.9 Å². The smallest absolute Gasteiger partial charge is 0.341 e. The number of nitrogens with one attached hydrogen (secondary N) is 1. The standard InChI is InChI=1S/C27H29NO5/c1-19(2)15-24(21-9-5-3-6-10-21)28-27(31)23-16-20(13-14-25(23)33-18-26(29)30)17-32-22-11-7-4-8-12-22/h3-14,16,19,24H,15,17-18H2,1-2H3,(H,28,31)(H,29,30). The first-order valence-electron chi connectivity index (χ1n) is 10.9. The molecule has 0 saturated carbocycles. The molecule has 1 atom stereocenters. The molecule has 2 N–H and O–H groups in total. The van der Waals surface area contributed by atoms with Crippen molar-refractivity contribution in [3.05, 3.63) is 95.6 Å². The number of rotatable bonds is 11. The molecule has 6 nitrogen and oxygen atoms in total. The molecular weight excluding hydrogens is 418 g/mol. The van der Waals surface area contributed by atoms with E-state index in [1.165, 1.54) is 0 Å². The Balaban J connectivity index is 1.84. The van der Waals surface area contributed by atoms with Gasteiger partial charge in [0.1, 0.15) is 18.1 Å². The van der Waals surface area contributed by atoms with Crippen molar-refractivity contribution in [3.8, 4) is 11.5 Å². The fraction of sp³-hybridized carbons (Fsp3) is 0.259. The Bertz CT molecular complexity index is 1050. The number of ether oxygens (including phenoxy) is 2. The molecule has 1 amide bonds. The van der Waals surface area contributed by atoms with E-state index in [-0.39, 0.29) is 29.9 Å². The van der Waals surface area contributed by atoms with Crippen LogP contribution in [0.4, 0.5) is 0 Å². The lowest BCUT2D eigenvalue weighted by atomic mass is 9.96. The highest BCUT2D eigenvalue weighted by molar-refractivity contribution is 5.97. The quantitative estimate of drug-likeness (QED) is 0.420. The highest BCUT2D eigenvalue weighted by Crippen LogP contribution is 2.25. The third kappa shape index (κ3) is 7.38. The Kier molecular flexibility index (Phi) is 8.47. The van der Waals surface area contributed by atoms with Crippen LogP contribution in [-0.2, 0) is 11.4 Å². The van der Waals surface area contributed by atoms with Crippen LogP contribution in [0.5, 0.6) is 11.5 Å². The first-order chi connectivity index (χ1) is 15.9. The van der Waals surface area contributed by atoms with Gasteiger partial charge in [0.2, 0.25) is 0 Å². The molecule has 0 fully saturated rings. The lowest BCUT2D eigenvalue weighted by Gasteiger charge is -2.22. The zero-order valence-corrected chi connectivity index (χ0v) is 18.9. The number of para-hydroxylation sites is 1. The van der Waals surface area contributed by atoms with Crippen molar-refractivity contribution < 1.29 is 24.2 Å². The second-order valence-electron chi connectivity index (χ2n) is 8.18. The summed E-state index contributed by atoms with van der Waals surface area (Å²) in [4.78, 5) is 24.3. The molecule has 0 aliphatic heterocycles. The molecule has 33 heavy (non-hydrogen) atoms. The van der Waals surface area contributed by atoms with Crippen LogP contribution in [0, 0.1) is 5.92 Å². The molecule has 0 aromatic heterocycles. The molecular formula is C27H29NO5. The molecule has 0 radical (unpaired) electrons. The zero-order valence-electron chi connectivity index (χ0n) is 18.9. The van der Waals surface area contributed by atoms with Crippen LogP contribution in [0.3, 0.4) is 0 Å². The van der Waals surface area contributed by atoms with Gasteiger partial charge in [-0.1, -0.05) is 68.4 Å². The number of amides is 1. The predicted molar refractivity (Wildman–Crippen MR) is 126 cm³/mol. The average Bonchev–Trinajstić information content (AvgIpc) is 2.82. The van der Waals surface area contributed by atoms with E-state index in [1.54, 1.807) is 18.2 Å². The van der Waals surface area contributed by atoms with Gasteiger partial charge in [-0.05, 0) is 47.7 Å². The second kappa shape index (κ2) is 11.7. The van der Waals surface area contributed by atoms with Gasteiger partial charge in [0.25, 0.3) is 5.91 Å². The van der Waals surface area contributed by atoms with Gasteiger partial charge in [0, 0.05) is 0 Å². The molecule has 0 aliphatic carbocycles. The first-order valence-corrected chi connectivity index (χ1v) is 10.9. The maximum absolute atomic E-state index is 13.3. The minimum Gasteiger partial charge on any atom is -0.489 e. The van der Waals surface area contributed by atoms with Crippen LogP contribution in [0.1, 0.15) is 47.8 Å². The zero-order chi connectivity index (χ0) is 23.6. The van der Waals surface area contributed by atoms with Crippen molar-refractivity contribution in [1.82, 2.24) is 5.32 Å². The van der Waals surface area contributed by atoms with Crippen molar-refractivity contribution in [2.45, 2.75) is 32.9 Å². The molecule has 3 aromatic carbocycles. The van der Waals surface area contributed by atoms with Crippen molar-refractivity contribution in [2.75, 3.05) is 6.61 Å². The van der Waals surface area contributed by atoms with Gasteiger partial charge >= 0.3 is 5.97 Å². The number of hydrogen-bond donors (Lipinski definition) is 2. The number of aliphatic carboxylic acids is 1. The molecule has 0 aliphatic rings. The summed E-state index contributed by atoms with van der Waals surface area (Å²) in [6, 6.07) is 24.1. The number of carboxylic acid groups (broad SMARTS) is 1. The monoisotopic (exact) mass is 447 g/mol. The minimum atomic E-state index is -1.11. The minimum absolute atomic E-state index is 0.185. The molecule has 3 aromatic rings. The molecule has 1 unspecified atom stereocenters. The van der Waals surface area contributed by atoms with Gasteiger partial charge in [-0.25, -0.2) is 4.79 Å². The lowest BCUT2D eigenvalue weighted by Crippen LogP contribution is -2.30. The topological polar surface area (TPSA) is 84.9 Å². The van der Waals surface area contributed by atoms with Gasteiger partial charge < -0.3 is 19.9 Å². The van der Waals surface area contributed by atoms with Crippen molar-refractivity contribution in [2.24, 2.45) is 5.92 Å². The summed E-state index contributed by atoms with van der Waals surface area (Å²) in [5.41, 5.74) is 2.05. The second-order valence-corrected chi connectivity index (χ2v) is 8.18. The number of carboxylic acids is 1. The summed E-state index contributed by atoms with van der Waals surface area (Å²) in [7, 11) is 0. The molecule has 0 bridgehead atoms. The van der Waals surface area contributed by atoms with Crippen molar-refractivity contribution in [1.29, 1.82) is 0 Å². The van der Waals surface area contributed by atoms with E-state index in [1.807, 2.05) is 60.7 Å². The number of benzene rings is 3. The number of carbonyl (C=O) groups excluding carboxylic acids is 1. The molecule has 3 rings (SSSR count). The third-order valence-corrected chi connectivity index (χ3v) is 5.00. The molecule has 172 valence electrons. The van der Waals surface area contributed by atoms with Crippen LogP contribution in [-0.4, -0.2) is 23.6 Å². The summed E-state index contributed by atoms with van der Waals surface area (Å²) in [6.45, 7) is 3.93. The maximum Gasteiger partial charge on any atom is 0.341 e. The lowest BCUT2D eigenvalue weighted by molar-refractivity contribution is -0.139. The number of hydrogen-bond acceptors (Lipinski definition) is 4. The summed E-state index contributed by atoms with van der Waals surface area (Å²) in [6.07, 6.45) is 0.762. The van der Waals surface area contributed by atoms with Crippen LogP contribution < -0.4 is 14.8 Å². The van der Waals surface area contributed by atoms with Gasteiger partial charge in [-0.2, -0.15) is 0 Å². The summed E-state index contributed by atoms with van der Waals surface area (Å²) in [5, 5.41) is 12.1. The Morgan fingerprint density at radius 2 is 1.58 bits per heavy atom. The van der Waals surface area contributed by atoms with Gasteiger partial charge in [0.15, 0.2) is 6.61 Å². The fourth-order valence-corrected chi connectivity index (χ4v) is 3.46. The number of carbonyl (C=O) groups is 2. The molecule has 0 heterocycles. The van der Waals surface area contributed by atoms with Gasteiger partial charge in [-0.3, -0.25) is 4.79 Å². The van der Waals surface area contributed by atoms with E-state index < -0.39 is 12.6 Å². The van der Waals surface area contributed by atoms with Gasteiger partial charge in [-0.15, -0.1) is 0 Å². The maximum atomic E-state index is 13.3. The predicted octanol–water partition coefficient (Wildman–Crippen LogP) is 5.25. The van der Waals surface area contributed by atoms with E-state index in [9.17, 15) is 9.59 Å². The normalized spacial score (nSPS) is 11.6. The summed E-state index contributed by atoms with van der Waals surface area (Å²) >= 11 is 0. The van der Waals surface area contributed by atoms with Crippen LogP contribution in [0.15, 0.2) is 78.9 Å². The Labute approximate surface area is 194 Å². The summed E-state index contributed by atoms with van der Waals surface area (Å²) < 4.78 is 11.2. The van der Waals surface area contributed by atoms with E-state index in [2.05, 4.69) is 19.2 Å². The van der Waals surface area contributed by atoms with E-state index in [0.717, 1.165) is 23.3 Å². The van der Waals surface area contributed by atoms with Gasteiger partial charge in [0.05, 0.1) is 11.6 Å². The highest BCUT2D eigenvalue weighted by atomic mass is 16.5. The Morgan fingerprint density at radius 3 is 2.21 bits per heavy atom.